The van der Waals surface area contributed by atoms with Crippen molar-refractivity contribution in [1.29, 1.82) is 0 Å². The Kier molecular flexibility index (Phi) is 5.23. The van der Waals surface area contributed by atoms with Gasteiger partial charge < -0.3 is 10.6 Å². The van der Waals surface area contributed by atoms with Crippen LogP contribution in [0.25, 0.3) is 0 Å². The van der Waals surface area contributed by atoms with E-state index in [0.717, 1.165) is 10.5 Å². The molecule has 0 aromatic heterocycles. The van der Waals surface area contributed by atoms with Crippen LogP contribution < -0.4 is 10.6 Å². The summed E-state index contributed by atoms with van der Waals surface area (Å²) in [7, 11) is 0. The monoisotopic (exact) mass is 412 g/mol. The second-order valence-corrected chi connectivity index (χ2v) is 8.23. The van der Waals surface area contributed by atoms with E-state index in [2.05, 4.69) is 4.99 Å². The van der Waals surface area contributed by atoms with E-state index < -0.39 is 11.3 Å². The third-order valence-electron chi connectivity index (χ3n) is 5.38. The van der Waals surface area contributed by atoms with E-state index in [-0.39, 0.29) is 30.1 Å². The number of allylic oxidation sites excluding steroid dienone is 1. The van der Waals surface area contributed by atoms with E-state index in [4.69, 9.17) is 5.73 Å². The molecule has 1 saturated heterocycles. The number of hydrogen-bond donors (Lipinski definition) is 1. The largest absolute Gasteiger partial charge is 0.369 e. The Bertz CT molecular complexity index is 932. The first-order valence-corrected chi connectivity index (χ1v) is 10.3. The number of nitrogens with zero attached hydrogens (tertiary/aromatic N) is 3. The van der Waals surface area contributed by atoms with Crippen molar-refractivity contribution in [2.45, 2.75) is 24.5 Å². The van der Waals surface area contributed by atoms with Gasteiger partial charge in [-0.1, -0.05) is 12.1 Å². The molecule has 0 radical (unpaired) electrons. The molecule has 3 heterocycles. The number of carbonyl (C=O) groups is 4. The summed E-state index contributed by atoms with van der Waals surface area (Å²) in [5.41, 5.74) is 7.04. The van der Waals surface area contributed by atoms with Gasteiger partial charge in [0.15, 0.2) is 0 Å². The fraction of sp³-hybridized carbons (Fsp3) is 0.350. The maximum absolute atomic E-state index is 12.6. The van der Waals surface area contributed by atoms with Gasteiger partial charge >= 0.3 is 6.03 Å². The molecule has 1 aromatic carbocycles. The lowest BCUT2D eigenvalue weighted by atomic mass is 9.96. The third-order valence-corrected chi connectivity index (χ3v) is 6.39. The van der Waals surface area contributed by atoms with Gasteiger partial charge in [0, 0.05) is 19.0 Å². The molecule has 5 amide bonds. The first-order valence-electron chi connectivity index (χ1n) is 9.38. The fourth-order valence-electron chi connectivity index (χ4n) is 3.70. The van der Waals surface area contributed by atoms with Gasteiger partial charge in [-0.05, 0) is 42.0 Å². The molecule has 4 rings (SSSR count). The van der Waals surface area contributed by atoms with Crippen LogP contribution in [-0.4, -0.2) is 52.7 Å². The fourth-order valence-corrected chi connectivity index (χ4v) is 4.57. The molecule has 29 heavy (non-hydrogen) atoms. The summed E-state index contributed by atoms with van der Waals surface area (Å²) in [5, 5.41) is 1.29. The zero-order valence-electron chi connectivity index (χ0n) is 15.6. The van der Waals surface area contributed by atoms with E-state index >= 15 is 0 Å². The van der Waals surface area contributed by atoms with Crippen LogP contribution in [0, 0.1) is 5.92 Å². The third kappa shape index (κ3) is 3.82. The quantitative estimate of drug-likeness (QED) is 0.805. The number of hydrogen-bond acceptors (Lipinski definition) is 5. The van der Waals surface area contributed by atoms with Crippen LogP contribution in [0.15, 0.2) is 40.7 Å². The van der Waals surface area contributed by atoms with Crippen LogP contribution >= 0.6 is 11.8 Å². The zero-order valence-corrected chi connectivity index (χ0v) is 16.4. The first kappa shape index (κ1) is 19.4. The lowest BCUT2D eigenvalue weighted by Gasteiger charge is -2.30. The minimum atomic E-state index is -0.602. The van der Waals surface area contributed by atoms with Crippen molar-refractivity contribution >= 4 is 46.9 Å². The van der Waals surface area contributed by atoms with Crippen molar-refractivity contribution in [3.8, 4) is 0 Å². The number of piperidine rings is 1. The predicted octanol–water partition coefficient (Wildman–Crippen LogP) is 1.49. The van der Waals surface area contributed by atoms with E-state index in [0.29, 0.717) is 37.3 Å². The van der Waals surface area contributed by atoms with Gasteiger partial charge in [0.05, 0.1) is 17.8 Å². The highest BCUT2D eigenvalue weighted by Gasteiger charge is 2.39. The number of urea groups is 1. The Balaban J connectivity index is 1.40. The molecule has 1 aromatic rings. The second-order valence-electron chi connectivity index (χ2n) is 7.21. The number of nitrogens with two attached hydrogens (primary N) is 1. The second kappa shape index (κ2) is 7.82. The number of imide groups is 1. The highest BCUT2D eigenvalue weighted by Crippen LogP contribution is 2.30. The Labute approximate surface area is 171 Å². The van der Waals surface area contributed by atoms with E-state index in [1.54, 1.807) is 40.6 Å². The van der Waals surface area contributed by atoms with Gasteiger partial charge in [0.25, 0.3) is 5.91 Å². The first-order chi connectivity index (χ1) is 13.9. The van der Waals surface area contributed by atoms with Crippen molar-refractivity contribution < 1.29 is 19.2 Å². The van der Waals surface area contributed by atoms with Gasteiger partial charge in [-0.15, -0.1) is 11.8 Å². The Morgan fingerprint density at radius 1 is 1.14 bits per heavy atom. The molecule has 3 aliphatic heterocycles. The molecule has 1 fully saturated rings. The van der Waals surface area contributed by atoms with Crippen LogP contribution in [-0.2, 0) is 20.8 Å². The van der Waals surface area contributed by atoms with Gasteiger partial charge in [0.1, 0.15) is 5.25 Å². The Hall–Kier alpha value is -2.94. The van der Waals surface area contributed by atoms with Crippen molar-refractivity contribution in [2.24, 2.45) is 16.6 Å². The molecular formula is C20H20N4O4S. The summed E-state index contributed by atoms with van der Waals surface area (Å²) in [6, 6.07) is 6.19. The summed E-state index contributed by atoms with van der Waals surface area (Å²) in [4.78, 5) is 55.5. The molecule has 8 nitrogen and oxygen atoms in total. The smallest absolute Gasteiger partial charge is 0.355 e. The molecule has 0 spiro atoms. The predicted molar refractivity (Wildman–Crippen MR) is 109 cm³/mol. The summed E-state index contributed by atoms with van der Waals surface area (Å²) in [6.07, 6.45) is 3.09. The molecule has 0 saturated carbocycles. The average molecular weight is 412 g/mol. The van der Waals surface area contributed by atoms with Crippen LogP contribution in [0.1, 0.15) is 18.4 Å². The maximum Gasteiger partial charge on any atom is 0.355 e. The maximum atomic E-state index is 12.6. The Morgan fingerprint density at radius 3 is 2.48 bits per heavy atom. The molecule has 2 N–H and O–H groups in total. The zero-order chi connectivity index (χ0) is 20.5. The van der Waals surface area contributed by atoms with Gasteiger partial charge in [-0.2, -0.15) is 4.99 Å². The van der Waals surface area contributed by atoms with Crippen molar-refractivity contribution in [3.05, 3.63) is 41.3 Å². The minimum absolute atomic E-state index is 0.0199. The van der Waals surface area contributed by atoms with Gasteiger partial charge in [-0.25, -0.2) is 9.69 Å². The Morgan fingerprint density at radius 2 is 1.83 bits per heavy atom. The number of carbonyl (C=O) groups excluding carboxylic acids is 4. The highest BCUT2D eigenvalue weighted by molar-refractivity contribution is 8.04. The number of amides is 5. The van der Waals surface area contributed by atoms with Crippen LogP contribution in [0.2, 0.25) is 0 Å². The normalized spacial score (nSPS) is 21.9. The average Bonchev–Trinajstić information content (AvgIpc) is 3.18. The molecule has 1 atom stereocenters. The topological polar surface area (TPSA) is 113 Å². The number of likely N-dealkylation sites (tertiary alicyclic amines) is 1. The lowest BCUT2D eigenvalue weighted by Crippen LogP contribution is -2.47. The summed E-state index contributed by atoms with van der Waals surface area (Å²) in [5.74, 6) is -0.795. The van der Waals surface area contributed by atoms with Crippen LogP contribution in [0.4, 0.5) is 10.5 Å². The molecule has 0 bridgehead atoms. The van der Waals surface area contributed by atoms with Crippen molar-refractivity contribution in [1.82, 2.24) is 4.90 Å². The van der Waals surface area contributed by atoms with Crippen molar-refractivity contribution in [3.63, 3.8) is 0 Å². The summed E-state index contributed by atoms with van der Waals surface area (Å²) >= 11 is 1.33. The number of benzene rings is 1. The lowest BCUT2D eigenvalue weighted by molar-refractivity contribution is -0.134. The summed E-state index contributed by atoms with van der Waals surface area (Å²) in [6.45, 7) is 1.05. The van der Waals surface area contributed by atoms with Gasteiger partial charge in [0.2, 0.25) is 11.8 Å². The number of fused-ring (bicyclic) bond motifs is 1. The van der Waals surface area contributed by atoms with Crippen molar-refractivity contribution in [2.75, 3.05) is 18.0 Å². The minimum Gasteiger partial charge on any atom is -0.369 e. The standard InChI is InChI=1S/C20H20N4O4S/c21-18(26)13-5-8-23(9-6-13)16(25)11-12-1-3-14(4-2-12)24-19(27)17-15(7-10-29-17)22-20(24)28/h1-4,7,10,13,17H,5-6,8-9,11H2,(H2,21,26). The highest BCUT2D eigenvalue weighted by atomic mass is 32.2. The molecule has 9 heteroatoms. The molecular weight excluding hydrogens is 392 g/mol. The summed E-state index contributed by atoms with van der Waals surface area (Å²) < 4.78 is 0. The van der Waals surface area contributed by atoms with E-state index in [1.807, 2.05) is 0 Å². The number of primary amides is 1. The van der Waals surface area contributed by atoms with Crippen LogP contribution in [0.3, 0.4) is 0 Å². The molecule has 150 valence electrons. The molecule has 1 unspecified atom stereocenters. The number of rotatable bonds is 4. The molecule has 3 aliphatic rings. The number of anilines is 1. The number of aliphatic imine (C=N–C) groups is 1. The SMILES string of the molecule is NC(=O)C1CCN(C(=O)Cc2ccc(N3C(=O)N=C4C=CSC4C3=O)cc2)CC1. The van der Waals surface area contributed by atoms with Gasteiger partial charge in [-0.3, -0.25) is 14.4 Å². The molecule has 0 aliphatic carbocycles. The van der Waals surface area contributed by atoms with E-state index in [1.165, 1.54) is 11.8 Å². The van der Waals surface area contributed by atoms with E-state index in [9.17, 15) is 19.2 Å². The number of thioether (sulfide) groups is 1. The van der Waals surface area contributed by atoms with Crippen LogP contribution in [0.5, 0.6) is 0 Å².